The Morgan fingerprint density at radius 2 is 1.52 bits per heavy atom. The standard InChI is InChI=1S/C21H20/c1-13-7-9-17-18-10-8-14(2)16-6-4-12-21(20(16)18)11-3-5-15(13)19(17)21/h3,7-11H,4-6,12H2,1-2H3. The molecule has 104 valence electrons. The fourth-order valence-electron chi connectivity index (χ4n) is 5.10. The molecule has 2 aromatic rings. The summed E-state index contributed by atoms with van der Waals surface area (Å²) >= 11 is 0. The van der Waals surface area contributed by atoms with Crippen LogP contribution in [0.15, 0.2) is 36.4 Å². The molecule has 5 rings (SSSR count). The van der Waals surface area contributed by atoms with E-state index in [1.54, 1.807) is 22.3 Å². The number of aryl methyl sites for hydroxylation is 2. The maximum absolute atomic E-state index is 2.53. The van der Waals surface area contributed by atoms with Crippen molar-refractivity contribution in [2.24, 2.45) is 0 Å². The number of benzene rings is 2. The van der Waals surface area contributed by atoms with E-state index >= 15 is 0 Å². The molecule has 0 bridgehead atoms. The van der Waals surface area contributed by atoms with Crippen molar-refractivity contribution in [2.75, 3.05) is 0 Å². The summed E-state index contributed by atoms with van der Waals surface area (Å²) in [6, 6.07) is 9.40. The van der Waals surface area contributed by atoms with Crippen molar-refractivity contribution in [3.63, 3.8) is 0 Å². The molecule has 0 amide bonds. The highest BCUT2D eigenvalue weighted by atomic mass is 14.5. The van der Waals surface area contributed by atoms with Gasteiger partial charge in [0.05, 0.1) is 0 Å². The van der Waals surface area contributed by atoms with Crippen molar-refractivity contribution < 1.29 is 0 Å². The molecule has 0 radical (unpaired) electrons. The van der Waals surface area contributed by atoms with E-state index in [-0.39, 0.29) is 5.41 Å². The van der Waals surface area contributed by atoms with Crippen molar-refractivity contribution in [3.05, 3.63) is 69.8 Å². The van der Waals surface area contributed by atoms with Crippen LogP contribution in [-0.2, 0) is 18.3 Å². The van der Waals surface area contributed by atoms with Gasteiger partial charge in [-0.2, -0.15) is 0 Å². The number of hydrogen-bond acceptors (Lipinski definition) is 0. The van der Waals surface area contributed by atoms with Crippen LogP contribution in [0.3, 0.4) is 0 Å². The maximum Gasteiger partial charge on any atom is 0.0400 e. The van der Waals surface area contributed by atoms with E-state index in [9.17, 15) is 0 Å². The van der Waals surface area contributed by atoms with Gasteiger partial charge >= 0.3 is 0 Å². The molecule has 0 saturated heterocycles. The average molecular weight is 272 g/mol. The Morgan fingerprint density at radius 3 is 2.29 bits per heavy atom. The van der Waals surface area contributed by atoms with E-state index < -0.39 is 0 Å². The monoisotopic (exact) mass is 272 g/mol. The molecule has 3 aliphatic carbocycles. The van der Waals surface area contributed by atoms with E-state index in [4.69, 9.17) is 0 Å². The van der Waals surface area contributed by atoms with Gasteiger partial charge in [0, 0.05) is 5.41 Å². The Bertz CT molecular complexity index is 822. The van der Waals surface area contributed by atoms with E-state index in [2.05, 4.69) is 50.3 Å². The molecule has 0 heterocycles. The number of rotatable bonds is 0. The number of hydrogen-bond donors (Lipinski definition) is 0. The highest BCUT2D eigenvalue weighted by Gasteiger charge is 2.47. The number of fused-ring (bicyclic) bond motifs is 1. The van der Waals surface area contributed by atoms with Crippen LogP contribution >= 0.6 is 0 Å². The van der Waals surface area contributed by atoms with Gasteiger partial charge in [-0.15, -0.1) is 0 Å². The molecule has 0 aromatic heterocycles. The molecule has 0 aliphatic heterocycles. The molecule has 1 unspecified atom stereocenters. The third-order valence-electron chi connectivity index (χ3n) is 6.00. The van der Waals surface area contributed by atoms with Gasteiger partial charge in [0.1, 0.15) is 0 Å². The van der Waals surface area contributed by atoms with Crippen LogP contribution in [0.25, 0.3) is 11.1 Å². The smallest absolute Gasteiger partial charge is 0.0400 e. The lowest BCUT2D eigenvalue weighted by atomic mass is 9.65. The van der Waals surface area contributed by atoms with Crippen LogP contribution in [0.4, 0.5) is 0 Å². The van der Waals surface area contributed by atoms with Gasteiger partial charge in [-0.05, 0) is 84.0 Å². The fraction of sp³-hybridized carbons (Fsp3) is 0.333. The second kappa shape index (κ2) is 3.68. The summed E-state index contributed by atoms with van der Waals surface area (Å²) in [5.41, 5.74) is 12.7. The highest BCUT2D eigenvalue weighted by molar-refractivity contribution is 5.86. The Balaban J connectivity index is 2.00. The summed E-state index contributed by atoms with van der Waals surface area (Å²) in [5, 5.41) is 0. The normalized spacial score (nSPS) is 23.9. The molecule has 0 N–H and O–H groups in total. The first-order valence-corrected chi connectivity index (χ1v) is 8.16. The quantitative estimate of drug-likeness (QED) is 0.591. The first-order chi connectivity index (χ1) is 10.2. The lowest BCUT2D eigenvalue weighted by Crippen LogP contribution is -2.31. The van der Waals surface area contributed by atoms with Crippen LogP contribution in [0.5, 0.6) is 0 Å². The minimum Gasteiger partial charge on any atom is -0.0829 e. The predicted molar refractivity (Wildman–Crippen MR) is 87.9 cm³/mol. The molecule has 0 fully saturated rings. The molecule has 0 saturated carbocycles. The van der Waals surface area contributed by atoms with Crippen molar-refractivity contribution in [1.29, 1.82) is 0 Å². The first kappa shape index (κ1) is 11.8. The topological polar surface area (TPSA) is 0 Å². The van der Waals surface area contributed by atoms with E-state index in [1.165, 1.54) is 41.5 Å². The summed E-state index contributed by atoms with van der Waals surface area (Å²) in [6.07, 6.45) is 9.93. The summed E-state index contributed by atoms with van der Waals surface area (Å²) in [7, 11) is 0. The summed E-state index contributed by atoms with van der Waals surface area (Å²) in [6.45, 7) is 4.57. The first-order valence-electron chi connectivity index (χ1n) is 8.16. The van der Waals surface area contributed by atoms with Gasteiger partial charge in [0.2, 0.25) is 0 Å². The van der Waals surface area contributed by atoms with Gasteiger partial charge in [-0.1, -0.05) is 36.4 Å². The summed E-state index contributed by atoms with van der Waals surface area (Å²) < 4.78 is 0. The SMILES string of the molecule is Cc1ccc2c3c1CC=CC31CCCc3c(C)ccc-2c31. The Kier molecular flexibility index (Phi) is 2.07. The molecule has 21 heavy (non-hydrogen) atoms. The molecule has 3 aliphatic rings. The minimum atomic E-state index is 0.198. The van der Waals surface area contributed by atoms with E-state index in [0.717, 1.165) is 6.42 Å². The van der Waals surface area contributed by atoms with E-state index in [1.807, 2.05) is 0 Å². The largest absolute Gasteiger partial charge is 0.0829 e. The van der Waals surface area contributed by atoms with Crippen LogP contribution in [-0.4, -0.2) is 0 Å². The van der Waals surface area contributed by atoms with Crippen molar-refractivity contribution in [3.8, 4) is 11.1 Å². The second-order valence-corrected chi connectivity index (χ2v) is 7.00. The fourth-order valence-corrected chi connectivity index (χ4v) is 5.10. The third-order valence-corrected chi connectivity index (χ3v) is 6.00. The van der Waals surface area contributed by atoms with Crippen molar-refractivity contribution >= 4 is 0 Å². The lowest BCUT2D eigenvalue weighted by Gasteiger charge is -2.38. The Labute approximate surface area is 126 Å². The molecule has 1 atom stereocenters. The summed E-state index contributed by atoms with van der Waals surface area (Å²) in [5.74, 6) is 0. The van der Waals surface area contributed by atoms with Gasteiger partial charge in [-0.3, -0.25) is 0 Å². The molecule has 0 heteroatoms. The minimum absolute atomic E-state index is 0.198. The maximum atomic E-state index is 2.53. The summed E-state index contributed by atoms with van der Waals surface area (Å²) in [4.78, 5) is 0. The van der Waals surface area contributed by atoms with Gasteiger partial charge < -0.3 is 0 Å². The van der Waals surface area contributed by atoms with Crippen LogP contribution in [0.1, 0.15) is 46.2 Å². The average Bonchev–Trinajstić information content (AvgIpc) is 2.79. The zero-order valence-corrected chi connectivity index (χ0v) is 12.8. The van der Waals surface area contributed by atoms with Gasteiger partial charge in [-0.25, -0.2) is 0 Å². The van der Waals surface area contributed by atoms with Crippen molar-refractivity contribution in [1.82, 2.24) is 0 Å². The van der Waals surface area contributed by atoms with Crippen molar-refractivity contribution in [2.45, 2.75) is 44.9 Å². The lowest BCUT2D eigenvalue weighted by molar-refractivity contribution is 0.514. The predicted octanol–water partition coefficient (Wildman–Crippen LogP) is 5.02. The highest BCUT2D eigenvalue weighted by Crippen LogP contribution is 2.58. The van der Waals surface area contributed by atoms with E-state index in [0.29, 0.717) is 0 Å². The van der Waals surface area contributed by atoms with Crippen LogP contribution in [0.2, 0.25) is 0 Å². The van der Waals surface area contributed by atoms with Gasteiger partial charge in [0.25, 0.3) is 0 Å². The van der Waals surface area contributed by atoms with Gasteiger partial charge in [0.15, 0.2) is 0 Å². The zero-order chi connectivity index (χ0) is 14.2. The zero-order valence-electron chi connectivity index (χ0n) is 12.8. The van der Waals surface area contributed by atoms with Crippen LogP contribution < -0.4 is 0 Å². The molecular weight excluding hydrogens is 252 g/mol. The third kappa shape index (κ3) is 1.23. The molecule has 1 spiro atoms. The Morgan fingerprint density at radius 1 is 0.857 bits per heavy atom. The molecule has 0 nitrogen and oxygen atoms in total. The molecule has 2 aromatic carbocycles. The Hall–Kier alpha value is -1.82. The van der Waals surface area contributed by atoms with Crippen LogP contribution in [0, 0.1) is 13.8 Å². The second-order valence-electron chi connectivity index (χ2n) is 7.00. The molecular formula is C21H20. The number of allylic oxidation sites excluding steroid dienone is 2.